The Morgan fingerprint density at radius 1 is 1.22 bits per heavy atom. The Morgan fingerprint density at radius 3 is 2.46 bits per heavy atom. The fraction of sp³-hybridized carbons (Fsp3) is 0.440. The first kappa shape index (κ1) is 26.7. The molecule has 1 aliphatic heterocycles. The van der Waals surface area contributed by atoms with Gasteiger partial charge in [-0.05, 0) is 25.8 Å². The highest BCUT2D eigenvalue weighted by Crippen LogP contribution is 2.37. The molecule has 2 aromatic heterocycles. The van der Waals surface area contributed by atoms with Crippen molar-refractivity contribution in [2.24, 2.45) is 7.05 Å². The number of alkyl halides is 2. The molecule has 1 saturated heterocycles. The highest BCUT2D eigenvalue weighted by Gasteiger charge is 2.40. The van der Waals surface area contributed by atoms with Gasteiger partial charge in [-0.2, -0.15) is 0 Å². The van der Waals surface area contributed by atoms with Gasteiger partial charge in [0, 0.05) is 39.7 Å². The van der Waals surface area contributed by atoms with Crippen molar-refractivity contribution in [1.82, 2.24) is 19.4 Å². The Hall–Kier alpha value is -3.41. The average molecular weight is 515 g/mol. The molecule has 0 bridgehead atoms. The zero-order chi connectivity index (χ0) is 27.1. The van der Waals surface area contributed by atoms with Crippen LogP contribution in [0.25, 0.3) is 11.0 Å². The van der Waals surface area contributed by atoms with E-state index >= 15 is 0 Å². The van der Waals surface area contributed by atoms with Gasteiger partial charge in [0.05, 0.1) is 28.3 Å². The number of hydrogen-bond acceptors (Lipinski definition) is 6. The molecule has 0 aliphatic carbocycles. The number of hydrogen-bond donors (Lipinski definition) is 1. The number of anilines is 1. The van der Waals surface area contributed by atoms with Gasteiger partial charge in [0.25, 0.3) is 12.0 Å². The molecule has 1 atom stereocenters. The molecule has 12 heteroatoms. The van der Waals surface area contributed by atoms with Crippen molar-refractivity contribution < 1.29 is 22.7 Å². The van der Waals surface area contributed by atoms with Gasteiger partial charge in [0.1, 0.15) is 22.9 Å². The molecular weight excluding hydrogens is 486 g/mol. The maximum absolute atomic E-state index is 14.8. The highest BCUT2D eigenvalue weighted by atomic mass is 19.3. The lowest BCUT2D eigenvalue weighted by Gasteiger charge is -2.40. The molecule has 8 nitrogen and oxygen atoms in total. The van der Waals surface area contributed by atoms with Crippen LogP contribution < -0.4 is 16.6 Å². The van der Waals surface area contributed by atoms with Crippen molar-refractivity contribution in [3.8, 4) is 0 Å². The van der Waals surface area contributed by atoms with Crippen LogP contribution in [0.4, 0.5) is 19.0 Å². The van der Waals surface area contributed by atoms with Gasteiger partial charge >= 0.3 is 0 Å². The monoisotopic (exact) mass is 515 g/mol. The lowest BCUT2D eigenvalue weighted by atomic mass is 9.84. The van der Waals surface area contributed by atoms with E-state index in [1.165, 1.54) is 23.6 Å². The molecule has 1 N–H and O–H groups in total. The SMILES string of the molecule is Bc1nc(N[C@H](C)c2cccc(C(F)F)c2F)c2cc(C3(OC)CCN(C(C)=O)CC3)c(=O)n(C)c2n1. The third-order valence-electron chi connectivity index (χ3n) is 7.19. The van der Waals surface area contributed by atoms with E-state index < -0.39 is 29.4 Å². The van der Waals surface area contributed by atoms with E-state index in [9.17, 15) is 22.8 Å². The Morgan fingerprint density at radius 2 is 1.86 bits per heavy atom. The number of aromatic nitrogens is 3. The number of rotatable bonds is 6. The molecule has 0 unspecified atom stereocenters. The molecule has 196 valence electrons. The number of nitrogens with zero attached hydrogens (tertiary/aromatic N) is 4. The van der Waals surface area contributed by atoms with E-state index in [0.717, 1.165) is 6.07 Å². The van der Waals surface area contributed by atoms with E-state index in [2.05, 4.69) is 15.3 Å². The van der Waals surface area contributed by atoms with Crippen LogP contribution in [-0.4, -0.2) is 53.4 Å². The first-order valence-electron chi connectivity index (χ1n) is 12.0. The molecule has 1 amide bonds. The van der Waals surface area contributed by atoms with Crippen molar-refractivity contribution in [3.63, 3.8) is 0 Å². The third kappa shape index (κ3) is 4.82. The van der Waals surface area contributed by atoms with E-state index in [0.29, 0.717) is 54.1 Å². The number of carbonyl (C=O) groups excluding carboxylic acids is 1. The number of benzene rings is 1. The molecule has 3 aromatic rings. The first-order valence-corrected chi connectivity index (χ1v) is 12.0. The number of fused-ring (bicyclic) bond motifs is 1. The number of likely N-dealkylation sites (tertiary alicyclic amines) is 1. The molecule has 0 radical (unpaired) electrons. The highest BCUT2D eigenvalue weighted by molar-refractivity contribution is 6.29. The normalized spacial score (nSPS) is 16.3. The quantitative estimate of drug-likeness (QED) is 0.507. The zero-order valence-electron chi connectivity index (χ0n) is 21.4. The summed E-state index contributed by atoms with van der Waals surface area (Å²) in [6.45, 7) is 4.04. The van der Waals surface area contributed by atoms with Gasteiger partial charge in [-0.15, -0.1) is 0 Å². The molecule has 37 heavy (non-hydrogen) atoms. The number of carbonyl (C=O) groups is 1. The van der Waals surface area contributed by atoms with Crippen molar-refractivity contribution in [2.45, 2.75) is 44.8 Å². The summed E-state index contributed by atoms with van der Waals surface area (Å²) in [5, 5.41) is 3.64. The number of halogens is 3. The number of pyridine rings is 1. The Bertz CT molecular complexity index is 1410. The Kier molecular flexibility index (Phi) is 7.32. The summed E-state index contributed by atoms with van der Waals surface area (Å²) in [6, 6.07) is 4.86. The van der Waals surface area contributed by atoms with Crippen LogP contribution in [0.15, 0.2) is 29.1 Å². The van der Waals surface area contributed by atoms with Gasteiger partial charge in [0.15, 0.2) is 7.85 Å². The van der Waals surface area contributed by atoms with Crippen LogP contribution >= 0.6 is 0 Å². The Balaban J connectivity index is 1.81. The van der Waals surface area contributed by atoms with Gasteiger partial charge in [0.2, 0.25) is 5.91 Å². The van der Waals surface area contributed by atoms with E-state index in [1.807, 2.05) is 0 Å². The maximum Gasteiger partial charge on any atom is 0.266 e. The van der Waals surface area contributed by atoms with E-state index in [-0.39, 0.29) is 17.0 Å². The molecule has 1 aliphatic rings. The number of ether oxygens (including phenoxy) is 1. The van der Waals surface area contributed by atoms with Gasteiger partial charge in [-0.3, -0.25) is 14.2 Å². The summed E-state index contributed by atoms with van der Waals surface area (Å²) < 4.78 is 48.7. The smallest absolute Gasteiger partial charge is 0.266 e. The number of methoxy groups -OCH3 is 1. The fourth-order valence-corrected chi connectivity index (χ4v) is 4.99. The standard InChI is InChI=1S/C25H29BF3N5O3/c1-13(15-6-5-7-16(19(15)27)20(28)29)30-21-17-12-18(23(36)33(3)22(17)32-24(26)31-21)25(37-4)8-10-34(11-9-25)14(2)35/h5-7,12-13,20H,8-11,26H2,1-4H3,(H,30,31,32)/t13-/m1/s1. The number of aryl methyl sites for hydroxylation is 1. The van der Waals surface area contributed by atoms with Crippen molar-refractivity contribution in [1.29, 1.82) is 0 Å². The van der Waals surface area contributed by atoms with Crippen molar-refractivity contribution in [3.05, 3.63) is 57.1 Å². The predicted molar refractivity (Wildman–Crippen MR) is 137 cm³/mol. The fourth-order valence-electron chi connectivity index (χ4n) is 4.99. The first-order chi connectivity index (χ1) is 17.5. The summed E-state index contributed by atoms with van der Waals surface area (Å²) >= 11 is 0. The molecule has 0 spiro atoms. The van der Waals surface area contributed by atoms with Crippen LogP contribution in [0.2, 0.25) is 0 Å². The molecule has 1 fully saturated rings. The van der Waals surface area contributed by atoms with Crippen LogP contribution in [0.5, 0.6) is 0 Å². The lowest BCUT2D eigenvalue weighted by Crippen LogP contribution is -2.48. The lowest BCUT2D eigenvalue weighted by molar-refractivity contribution is -0.135. The summed E-state index contributed by atoms with van der Waals surface area (Å²) in [5.41, 5.74) is -0.648. The molecule has 0 saturated carbocycles. The largest absolute Gasteiger partial charge is 0.373 e. The average Bonchev–Trinajstić information content (AvgIpc) is 2.86. The van der Waals surface area contributed by atoms with Crippen molar-refractivity contribution in [2.75, 3.05) is 25.5 Å². The van der Waals surface area contributed by atoms with Crippen molar-refractivity contribution >= 4 is 36.3 Å². The van der Waals surface area contributed by atoms with Crippen LogP contribution in [0.1, 0.15) is 55.8 Å². The number of amides is 1. The molecule has 1 aromatic carbocycles. The van der Waals surface area contributed by atoms with E-state index in [1.54, 1.807) is 39.9 Å². The second-order valence-electron chi connectivity index (χ2n) is 9.40. The molecule has 4 rings (SSSR count). The molecular formula is C25H29BF3N5O3. The predicted octanol–water partition coefficient (Wildman–Crippen LogP) is 2.32. The summed E-state index contributed by atoms with van der Waals surface area (Å²) in [6.07, 6.45) is -2.08. The number of piperidine rings is 1. The third-order valence-corrected chi connectivity index (χ3v) is 7.19. The minimum atomic E-state index is -2.94. The second kappa shape index (κ2) is 10.2. The maximum atomic E-state index is 14.8. The van der Waals surface area contributed by atoms with Crippen LogP contribution in [-0.2, 0) is 22.2 Å². The van der Waals surface area contributed by atoms with Crippen LogP contribution in [0, 0.1) is 5.82 Å². The topological polar surface area (TPSA) is 89.4 Å². The summed E-state index contributed by atoms with van der Waals surface area (Å²) in [4.78, 5) is 36.0. The summed E-state index contributed by atoms with van der Waals surface area (Å²) in [5.74, 6) is -0.680. The van der Waals surface area contributed by atoms with E-state index in [4.69, 9.17) is 4.74 Å². The van der Waals surface area contributed by atoms with Gasteiger partial charge in [-0.1, -0.05) is 18.2 Å². The zero-order valence-corrected chi connectivity index (χ0v) is 21.4. The van der Waals surface area contributed by atoms with Gasteiger partial charge < -0.3 is 15.0 Å². The van der Waals surface area contributed by atoms with Gasteiger partial charge in [-0.25, -0.2) is 23.1 Å². The van der Waals surface area contributed by atoms with Crippen LogP contribution in [0.3, 0.4) is 0 Å². The molecule has 3 heterocycles. The number of nitrogens with one attached hydrogen (secondary N) is 1. The minimum absolute atomic E-state index is 0.0383. The second-order valence-corrected chi connectivity index (χ2v) is 9.40. The Labute approximate surface area is 213 Å². The minimum Gasteiger partial charge on any atom is -0.373 e. The summed E-state index contributed by atoms with van der Waals surface area (Å²) in [7, 11) is 4.81.